The Morgan fingerprint density at radius 2 is 1.78 bits per heavy atom. The molecule has 3 unspecified atom stereocenters. The summed E-state index contributed by atoms with van der Waals surface area (Å²) in [6.45, 7) is 5.70. The monoisotopic (exact) mass is 424 g/mol. The lowest BCUT2D eigenvalue weighted by Gasteiger charge is -2.04. The van der Waals surface area contributed by atoms with E-state index in [1.807, 2.05) is 24.3 Å². The van der Waals surface area contributed by atoms with Crippen molar-refractivity contribution in [2.24, 2.45) is 5.10 Å². The van der Waals surface area contributed by atoms with Gasteiger partial charge in [-0.2, -0.15) is 0 Å². The molecule has 2 aromatic rings. The van der Waals surface area contributed by atoms with Crippen molar-refractivity contribution in [3.8, 4) is 11.5 Å². The molecule has 7 nitrogen and oxygen atoms in total. The lowest BCUT2D eigenvalue weighted by molar-refractivity contribution is -0.130. The van der Waals surface area contributed by atoms with Crippen molar-refractivity contribution in [3.63, 3.8) is 0 Å². The van der Waals surface area contributed by atoms with Crippen molar-refractivity contribution in [1.29, 1.82) is 0 Å². The van der Waals surface area contributed by atoms with Gasteiger partial charge in [0.05, 0.1) is 20.4 Å². The van der Waals surface area contributed by atoms with E-state index in [0.717, 1.165) is 11.3 Å². The molecule has 2 rings (SSSR count). The number of hydrogen-bond acceptors (Lipinski definition) is 7. The van der Waals surface area contributed by atoms with Gasteiger partial charge in [-0.25, -0.2) is 5.26 Å². The second-order valence-electron chi connectivity index (χ2n) is 5.22. The Morgan fingerprint density at radius 3 is 2.33 bits per heavy atom. The Bertz CT molecular complexity index is 815. The van der Waals surface area contributed by atoms with Crippen molar-refractivity contribution in [2.75, 3.05) is 14.2 Å². The number of hydrazone groups is 1. The van der Waals surface area contributed by atoms with E-state index >= 15 is 0 Å². The van der Waals surface area contributed by atoms with Gasteiger partial charge in [0.25, 0.3) is 0 Å². The highest BCUT2D eigenvalue weighted by Gasteiger charge is 2.30. The van der Waals surface area contributed by atoms with E-state index < -0.39 is 20.8 Å². The van der Waals surface area contributed by atoms with Crippen LogP contribution in [0.5, 0.6) is 11.5 Å². The van der Waals surface area contributed by atoms with Crippen LogP contribution in [0.2, 0.25) is 0 Å². The van der Waals surface area contributed by atoms with Crippen LogP contribution in [0.1, 0.15) is 16.8 Å². The first kappa shape index (κ1) is 21.4. The number of benzene rings is 2. The predicted octanol–water partition coefficient (Wildman–Crippen LogP) is 4.80. The van der Waals surface area contributed by atoms with Gasteiger partial charge in [-0.05, 0) is 46.5 Å². The molecule has 0 spiro atoms. The molecule has 2 aromatic carbocycles. The van der Waals surface area contributed by atoms with Gasteiger partial charge in [0.15, 0.2) is 5.75 Å². The summed E-state index contributed by atoms with van der Waals surface area (Å²) in [7, 11) is -0.477. The first-order valence-corrected chi connectivity index (χ1v) is 11.1. The molecule has 0 aromatic heterocycles. The molecule has 0 aliphatic rings. The largest absolute Gasteiger partial charge is 0.547 e. The van der Waals surface area contributed by atoms with Gasteiger partial charge in [-0.3, -0.25) is 4.52 Å². The van der Waals surface area contributed by atoms with E-state index in [1.165, 1.54) is 0 Å². The summed E-state index contributed by atoms with van der Waals surface area (Å²) in [4.78, 5) is 0. The average Bonchev–Trinajstić information content (AvgIpc) is 2.71. The summed E-state index contributed by atoms with van der Waals surface area (Å²) in [5.41, 5.74) is 0.512. The molecule has 0 aliphatic heterocycles. The molecule has 0 saturated heterocycles. The van der Waals surface area contributed by atoms with Crippen LogP contribution in [0, 0.1) is 6.92 Å². The minimum Gasteiger partial charge on any atom is -0.497 e. The predicted molar refractivity (Wildman–Crippen MR) is 108 cm³/mol. The van der Waals surface area contributed by atoms with E-state index in [4.69, 9.17) is 33.2 Å². The van der Waals surface area contributed by atoms with Crippen molar-refractivity contribution in [1.82, 2.24) is 4.78 Å². The maximum Gasteiger partial charge on any atom is 0.547 e. The minimum atomic E-state index is -2.39. The average molecular weight is 424 g/mol. The first-order valence-electron chi connectivity index (χ1n) is 7.65. The number of nitrogens with zero attached hydrogens (tertiary/aromatic N) is 2. The Labute approximate surface area is 164 Å². The van der Waals surface area contributed by atoms with Gasteiger partial charge in [-0.15, -0.1) is 5.10 Å². The van der Waals surface area contributed by atoms with Gasteiger partial charge in [0.1, 0.15) is 5.75 Å². The smallest absolute Gasteiger partial charge is 0.497 e. The van der Waals surface area contributed by atoms with Crippen LogP contribution in [0.4, 0.5) is 0 Å². The second-order valence-corrected chi connectivity index (χ2v) is 8.68. The third-order valence-corrected chi connectivity index (χ3v) is 6.23. The molecular formula is C17H18N2O5P2S+2. The third kappa shape index (κ3) is 6.31. The molecule has 0 heterocycles. The summed E-state index contributed by atoms with van der Waals surface area (Å²) in [6.07, 6.45) is 1.68. The van der Waals surface area contributed by atoms with Gasteiger partial charge < -0.3 is 4.74 Å². The van der Waals surface area contributed by atoms with Gasteiger partial charge in [-0.1, -0.05) is 16.9 Å². The Kier molecular flexibility index (Phi) is 8.23. The molecule has 2 radical (unpaired) electrons. The second kappa shape index (κ2) is 10.4. The molecule has 0 saturated carbocycles. The van der Waals surface area contributed by atoms with Crippen molar-refractivity contribution in [3.05, 3.63) is 66.6 Å². The maximum atomic E-state index is 11.4. The van der Waals surface area contributed by atoms with Crippen LogP contribution in [-0.2, 0) is 21.0 Å². The Balaban J connectivity index is 1.95. The fourth-order valence-electron chi connectivity index (χ4n) is 1.93. The lowest BCUT2D eigenvalue weighted by atomic mass is 10.2. The van der Waals surface area contributed by atoms with Crippen molar-refractivity contribution >= 4 is 33.1 Å². The SMILES string of the molecule is [CH]C(c1ccc(O[P+](=S)N(C)/N=C/c2ccc(OC)cc2)cc1)[P+](=O)OO. The lowest BCUT2D eigenvalue weighted by Crippen LogP contribution is -2.03. The molecule has 0 aliphatic carbocycles. The topological polar surface area (TPSA) is 80.6 Å². The molecule has 0 bridgehead atoms. The molecule has 140 valence electrons. The Morgan fingerprint density at radius 1 is 1.19 bits per heavy atom. The summed E-state index contributed by atoms with van der Waals surface area (Å²) in [5.74, 6) is 1.30. The molecule has 10 heteroatoms. The van der Waals surface area contributed by atoms with E-state index in [1.54, 1.807) is 49.4 Å². The fraction of sp³-hybridized carbons (Fsp3) is 0.176. The van der Waals surface area contributed by atoms with E-state index in [0.29, 0.717) is 11.3 Å². The highest BCUT2D eigenvalue weighted by atomic mass is 32.4. The molecule has 1 N–H and O–H groups in total. The van der Waals surface area contributed by atoms with E-state index in [-0.39, 0.29) is 0 Å². The Hall–Kier alpha value is -1.95. The molecule has 0 fully saturated rings. The van der Waals surface area contributed by atoms with Crippen LogP contribution in [0.3, 0.4) is 0 Å². The zero-order valence-corrected chi connectivity index (χ0v) is 17.2. The number of rotatable bonds is 9. The van der Waals surface area contributed by atoms with Gasteiger partial charge in [0.2, 0.25) is 17.5 Å². The summed E-state index contributed by atoms with van der Waals surface area (Å²) in [5, 5.41) is 12.7. The van der Waals surface area contributed by atoms with Gasteiger partial charge in [0, 0.05) is 17.2 Å². The third-order valence-electron chi connectivity index (χ3n) is 3.44. The summed E-state index contributed by atoms with van der Waals surface area (Å²) < 4.78 is 27.5. The van der Waals surface area contributed by atoms with Crippen molar-refractivity contribution < 1.29 is 23.8 Å². The molecule has 27 heavy (non-hydrogen) atoms. The minimum absolute atomic E-state index is 0.527. The summed E-state index contributed by atoms with van der Waals surface area (Å²) >= 11 is 5.35. The first-order chi connectivity index (χ1) is 12.9. The van der Waals surface area contributed by atoms with E-state index in [2.05, 4.69) is 9.78 Å². The maximum absolute atomic E-state index is 11.4. The number of methoxy groups -OCH3 is 1. The number of ether oxygens (including phenoxy) is 1. The van der Waals surface area contributed by atoms with Crippen LogP contribution in [0.15, 0.2) is 53.6 Å². The van der Waals surface area contributed by atoms with Gasteiger partial charge >= 0.3 is 15.1 Å². The molecular weight excluding hydrogens is 406 g/mol. The zero-order chi connectivity index (χ0) is 19.8. The van der Waals surface area contributed by atoms with Crippen molar-refractivity contribution in [2.45, 2.75) is 5.66 Å². The molecule has 3 atom stereocenters. The quantitative estimate of drug-likeness (QED) is 0.268. The summed E-state index contributed by atoms with van der Waals surface area (Å²) in [6, 6.07) is 14.0. The standard InChI is InChI=1S/C17H17N2O5P2S/c1-13(25(21)24-20)15-6-10-17(11-7-15)23-26(27)19(2)18-12-14-4-8-16(22-3)9-5-14/h1,4-13H,2-3H3/q+1/p+1/b18-12+. The normalized spacial score (nSPS) is 13.2. The fourth-order valence-corrected chi connectivity index (χ4v) is 3.39. The van der Waals surface area contributed by atoms with Crippen LogP contribution < -0.4 is 9.26 Å². The highest BCUT2D eigenvalue weighted by molar-refractivity contribution is 8.02. The molecule has 0 amide bonds. The van der Waals surface area contributed by atoms with Crippen LogP contribution in [-0.4, -0.2) is 30.4 Å². The number of hydrogen-bond donors (Lipinski definition) is 1. The van der Waals surface area contributed by atoms with Crippen LogP contribution in [0.25, 0.3) is 0 Å². The highest BCUT2D eigenvalue weighted by Crippen LogP contribution is 2.41. The van der Waals surface area contributed by atoms with Crippen LogP contribution >= 0.6 is 15.1 Å². The zero-order valence-electron chi connectivity index (χ0n) is 14.6. The van der Waals surface area contributed by atoms with E-state index in [9.17, 15) is 4.57 Å².